The molecule has 2 N–H and O–H groups in total. The average Bonchev–Trinajstić information content (AvgIpc) is 3.12. The fourth-order valence-electron chi connectivity index (χ4n) is 1.88. The SMILES string of the molecule is CC(Nc1cn[nH]c1)c1cccc(-n2cnnn2)c1. The summed E-state index contributed by atoms with van der Waals surface area (Å²) in [5, 5.41) is 21.2. The van der Waals surface area contributed by atoms with Gasteiger partial charge >= 0.3 is 0 Å². The van der Waals surface area contributed by atoms with Crippen LogP contribution in [-0.4, -0.2) is 30.4 Å². The third-order valence-corrected chi connectivity index (χ3v) is 2.87. The molecule has 96 valence electrons. The van der Waals surface area contributed by atoms with Crippen LogP contribution in [0.5, 0.6) is 0 Å². The first kappa shape index (κ1) is 11.4. The van der Waals surface area contributed by atoms with Crippen molar-refractivity contribution < 1.29 is 0 Å². The lowest BCUT2D eigenvalue weighted by atomic mass is 10.1. The van der Waals surface area contributed by atoms with Gasteiger partial charge in [0.15, 0.2) is 0 Å². The van der Waals surface area contributed by atoms with E-state index in [4.69, 9.17) is 0 Å². The van der Waals surface area contributed by atoms with E-state index in [1.807, 2.05) is 24.4 Å². The quantitative estimate of drug-likeness (QED) is 0.739. The van der Waals surface area contributed by atoms with Crippen molar-refractivity contribution in [2.75, 3.05) is 5.32 Å². The summed E-state index contributed by atoms with van der Waals surface area (Å²) >= 11 is 0. The lowest BCUT2D eigenvalue weighted by Crippen LogP contribution is -2.07. The van der Waals surface area contributed by atoms with Gasteiger partial charge in [-0.3, -0.25) is 5.10 Å². The zero-order valence-electron chi connectivity index (χ0n) is 10.4. The van der Waals surface area contributed by atoms with Crippen LogP contribution in [0.4, 0.5) is 5.69 Å². The molecule has 3 aromatic rings. The molecule has 0 radical (unpaired) electrons. The number of aromatic nitrogens is 6. The molecule has 0 spiro atoms. The molecule has 2 heterocycles. The third-order valence-electron chi connectivity index (χ3n) is 2.87. The number of anilines is 1. The maximum absolute atomic E-state index is 3.91. The number of H-pyrrole nitrogens is 1. The van der Waals surface area contributed by atoms with Gasteiger partial charge in [-0.25, -0.2) is 4.68 Å². The highest BCUT2D eigenvalue weighted by atomic mass is 15.5. The molecule has 7 heteroatoms. The van der Waals surface area contributed by atoms with E-state index in [1.54, 1.807) is 17.2 Å². The van der Waals surface area contributed by atoms with Crippen LogP contribution in [0, 0.1) is 0 Å². The van der Waals surface area contributed by atoms with Crippen LogP contribution in [-0.2, 0) is 0 Å². The first-order chi connectivity index (χ1) is 9.33. The zero-order valence-corrected chi connectivity index (χ0v) is 10.4. The Bertz CT molecular complexity index is 630. The van der Waals surface area contributed by atoms with Crippen molar-refractivity contribution in [1.29, 1.82) is 0 Å². The van der Waals surface area contributed by atoms with E-state index in [2.05, 4.69) is 44.0 Å². The number of tetrazole rings is 1. The first-order valence-electron chi connectivity index (χ1n) is 5.91. The Morgan fingerprint density at radius 2 is 2.32 bits per heavy atom. The molecule has 0 saturated carbocycles. The molecule has 1 aromatic carbocycles. The van der Waals surface area contributed by atoms with Crippen molar-refractivity contribution in [2.24, 2.45) is 0 Å². The smallest absolute Gasteiger partial charge is 0.143 e. The number of rotatable bonds is 4. The minimum absolute atomic E-state index is 0.161. The van der Waals surface area contributed by atoms with E-state index < -0.39 is 0 Å². The Hall–Kier alpha value is -2.70. The second kappa shape index (κ2) is 4.89. The first-order valence-corrected chi connectivity index (χ1v) is 5.91. The maximum atomic E-state index is 3.91. The fourth-order valence-corrected chi connectivity index (χ4v) is 1.88. The largest absolute Gasteiger partial charge is 0.376 e. The van der Waals surface area contributed by atoms with E-state index in [-0.39, 0.29) is 6.04 Å². The summed E-state index contributed by atoms with van der Waals surface area (Å²) in [5.74, 6) is 0. The van der Waals surface area contributed by atoms with Crippen molar-refractivity contribution in [3.8, 4) is 5.69 Å². The van der Waals surface area contributed by atoms with E-state index in [1.165, 1.54) is 0 Å². The Morgan fingerprint density at radius 3 is 3.05 bits per heavy atom. The summed E-state index contributed by atoms with van der Waals surface area (Å²) in [5.41, 5.74) is 3.04. The van der Waals surface area contributed by atoms with Crippen LogP contribution in [0.3, 0.4) is 0 Å². The normalized spacial score (nSPS) is 12.3. The van der Waals surface area contributed by atoms with E-state index in [9.17, 15) is 0 Å². The molecule has 0 saturated heterocycles. The topological polar surface area (TPSA) is 84.3 Å². The molecule has 0 aliphatic heterocycles. The van der Waals surface area contributed by atoms with Crippen molar-refractivity contribution >= 4 is 5.69 Å². The highest BCUT2D eigenvalue weighted by Gasteiger charge is 2.07. The van der Waals surface area contributed by atoms with E-state index >= 15 is 0 Å². The molecule has 1 atom stereocenters. The summed E-state index contributed by atoms with van der Waals surface area (Å²) in [4.78, 5) is 0. The van der Waals surface area contributed by atoms with Crippen molar-refractivity contribution in [1.82, 2.24) is 30.4 Å². The van der Waals surface area contributed by atoms with Crippen molar-refractivity contribution in [3.63, 3.8) is 0 Å². The van der Waals surface area contributed by atoms with Gasteiger partial charge in [-0.15, -0.1) is 5.10 Å². The molecule has 1 unspecified atom stereocenters. The Morgan fingerprint density at radius 1 is 1.37 bits per heavy atom. The Kier molecular flexibility index (Phi) is 2.93. The van der Waals surface area contributed by atoms with Gasteiger partial charge in [0.2, 0.25) is 0 Å². The van der Waals surface area contributed by atoms with Gasteiger partial charge in [0.25, 0.3) is 0 Å². The van der Waals surface area contributed by atoms with Crippen LogP contribution in [0.2, 0.25) is 0 Å². The highest BCUT2D eigenvalue weighted by molar-refractivity contribution is 5.43. The Labute approximate surface area is 109 Å². The van der Waals surface area contributed by atoms with Gasteiger partial charge in [0, 0.05) is 12.2 Å². The molecule has 0 amide bonds. The molecule has 0 aliphatic carbocycles. The van der Waals surface area contributed by atoms with E-state index in [0.717, 1.165) is 16.9 Å². The van der Waals surface area contributed by atoms with Gasteiger partial charge in [-0.05, 0) is 35.0 Å². The third kappa shape index (κ3) is 2.44. The van der Waals surface area contributed by atoms with Crippen molar-refractivity contribution in [3.05, 3.63) is 48.5 Å². The standard InChI is InChI=1S/C12H13N7/c1-9(16-11-6-13-14-7-11)10-3-2-4-12(5-10)19-8-15-17-18-19/h2-9,16H,1H3,(H,13,14). The van der Waals surface area contributed by atoms with Gasteiger partial charge in [0.05, 0.1) is 17.6 Å². The van der Waals surface area contributed by atoms with Crippen LogP contribution in [0.15, 0.2) is 43.0 Å². The molecule has 19 heavy (non-hydrogen) atoms. The Balaban J connectivity index is 1.83. The molecule has 0 aliphatic rings. The number of hydrogen-bond donors (Lipinski definition) is 2. The number of nitrogens with zero attached hydrogens (tertiary/aromatic N) is 5. The second-order valence-electron chi connectivity index (χ2n) is 4.20. The van der Waals surface area contributed by atoms with Crippen LogP contribution in [0.25, 0.3) is 5.69 Å². The fraction of sp³-hybridized carbons (Fsp3) is 0.167. The number of benzene rings is 1. The highest BCUT2D eigenvalue weighted by Crippen LogP contribution is 2.20. The molecule has 0 fully saturated rings. The average molecular weight is 255 g/mol. The summed E-state index contributed by atoms with van der Waals surface area (Å²) in [6.45, 7) is 2.09. The van der Waals surface area contributed by atoms with E-state index in [0.29, 0.717) is 0 Å². The minimum atomic E-state index is 0.161. The molecule has 3 rings (SSSR count). The van der Waals surface area contributed by atoms with Gasteiger partial charge in [-0.2, -0.15) is 5.10 Å². The minimum Gasteiger partial charge on any atom is -0.376 e. The van der Waals surface area contributed by atoms with Gasteiger partial charge < -0.3 is 5.32 Å². The number of hydrogen-bond acceptors (Lipinski definition) is 5. The maximum Gasteiger partial charge on any atom is 0.143 e. The summed E-state index contributed by atoms with van der Waals surface area (Å²) in [7, 11) is 0. The summed E-state index contributed by atoms with van der Waals surface area (Å²) in [6, 6.07) is 8.22. The van der Waals surface area contributed by atoms with Crippen LogP contribution < -0.4 is 5.32 Å². The lowest BCUT2D eigenvalue weighted by molar-refractivity contribution is 0.785. The predicted octanol–water partition coefficient (Wildman–Crippen LogP) is 1.56. The second-order valence-corrected chi connectivity index (χ2v) is 4.20. The van der Waals surface area contributed by atoms with Crippen LogP contribution >= 0.6 is 0 Å². The number of aromatic amines is 1. The molecule has 2 aromatic heterocycles. The molecular formula is C12H13N7. The molecule has 7 nitrogen and oxygen atoms in total. The molecular weight excluding hydrogens is 242 g/mol. The van der Waals surface area contributed by atoms with Gasteiger partial charge in [-0.1, -0.05) is 12.1 Å². The zero-order chi connectivity index (χ0) is 13.1. The van der Waals surface area contributed by atoms with Crippen molar-refractivity contribution in [2.45, 2.75) is 13.0 Å². The summed E-state index contributed by atoms with van der Waals surface area (Å²) < 4.78 is 1.63. The predicted molar refractivity (Wildman–Crippen MR) is 69.8 cm³/mol. The molecule has 0 bridgehead atoms. The lowest BCUT2D eigenvalue weighted by Gasteiger charge is -2.14. The number of nitrogens with one attached hydrogen (secondary N) is 2. The van der Waals surface area contributed by atoms with Crippen LogP contribution in [0.1, 0.15) is 18.5 Å². The monoisotopic (exact) mass is 255 g/mol. The summed E-state index contributed by atoms with van der Waals surface area (Å²) in [6.07, 6.45) is 5.15. The van der Waals surface area contributed by atoms with Gasteiger partial charge in [0.1, 0.15) is 6.33 Å².